The second kappa shape index (κ2) is 4.77. The first-order chi connectivity index (χ1) is 7.31. The molecule has 0 radical (unpaired) electrons. The van der Waals surface area contributed by atoms with E-state index in [1.54, 1.807) is 11.3 Å². The zero-order chi connectivity index (χ0) is 10.7. The minimum atomic E-state index is 0.640. The van der Waals surface area contributed by atoms with Crippen LogP contribution in [0.4, 0.5) is 0 Å². The predicted molar refractivity (Wildman–Crippen MR) is 66.7 cm³/mol. The van der Waals surface area contributed by atoms with Gasteiger partial charge >= 0.3 is 0 Å². The van der Waals surface area contributed by atoms with Gasteiger partial charge in [0, 0.05) is 23.2 Å². The molecule has 0 bridgehead atoms. The molecular weight excluding hydrogens is 226 g/mol. The average molecular weight is 238 g/mol. The first-order valence-electron chi connectivity index (χ1n) is 4.87. The van der Waals surface area contributed by atoms with Gasteiger partial charge in [-0.05, 0) is 12.5 Å². The van der Waals surface area contributed by atoms with Gasteiger partial charge in [-0.1, -0.05) is 24.3 Å². The van der Waals surface area contributed by atoms with Crippen LogP contribution in [-0.4, -0.2) is 10.9 Å². The van der Waals surface area contributed by atoms with Crippen molar-refractivity contribution in [2.45, 2.75) is 13.3 Å². The summed E-state index contributed by atoms with van der Waals surface area (Å²) in [5.74, 6) is 0.640. The van der Waals surface area contributed by atoms with Gasteiger partial charge < -0.3 is 0 Å². The molecule has 0 saturated carbocycles. The number of halogens is 1. The minimum Gasteiger partial charge on any atom is -0.241 e. The van der Waals surface area contributed by atoms with E-state index in [0.29, 0.717) is 5.88 Å². The molecule has 0 aliphatic carbocycles. The maximum absolute atomic E-state index is 5.69. The summed E-state index contributed by atoms with van der Waals surface area (Å²) in [6.07, 6.45) is 0.859. The van der Waals surface area contributed by atoms with Gasteiger partial charge in [-0.2, -0.15) is 0 Å². The fourth-order valence-corrected chi connectivity index (χ4v) is 2.58. The van der Waals surface area contributed by atoms with E-state index in [2.05, 4.69) is 29.4 Å². The molecule has 0 amide bonds. The Bertz CT molecular complexity index is 450. The number of rotatable bonds is 3. The molecule has 0 aliphatic rings. The van der Waals surface area contributed by atoms with Gasteiger partial charge in [0.1, 0.15) is 0 Å². The Kier molecular flexibility index (Phi) is 3.39. The maximum atomic E-state index is 5.69. The van der Waals surface area contributed by atoms with E-state index in [4.69, 9.17) is 11.6 Å². The van der Waals surface area contributed by atoms with Crippen LogP contribution in [0.25, 0.3) is 11.3 Å². The maximum Gasteiger partial charge on any atom is 0.0944 e. The fourth-order valence-electron chi connectivity index (χ4n) is 1.49. The lowest BCUT2D eigenvalue weighted by Gasteiger charge is -2.00. The molecule has 1 aromatic heterocycles. The summed E-state index contributed by atoms with van der Waals surface area (Å²) >= 11 is 7.37. The second-order valence-electron chi connectivity index (χ2n) is 3.38. The molecule has 2 rings (SSSR count). The molecule has 15 heavy (non-hydrogen) atoms. The van der Waals surface area contributed by atoms with Crippen molar-refractivity contribution in [2.24, 2.45) is 0 Å². The molecule has 0 fully saturated rings. The lowest BCUT2D eigenvalue weighted by atomic mass is 10.1. The van der Waals surface area contributed by atoms with Gasteiger partial charge in [0.15, 0.2) is 0 Å². The van der Waals surface area contributed by atoms with Crippen LogP contribution in [-0.2, 0) is 6.42 Å². The fraction of sp³-hybridized carbons (Fsp3) is 0.250. The standard InChI is InChI=1S/C12H12ClNS/c1-9-4-2-3-5-10(9)11-8-15-12(14-11)6-7-13/h2-5,8H,6-7H2,1H3. The highest BCUT2D eigenvalue weighted by Gasteiger charge is 2.05. The molecule has 0 atom stereocenters. The van der Waals surface area contributed by atoms with Crippen LogP contribution >= 0.6 is 22.9 Å². The lowest BCUT2D eigenvalue weighted by molar-refractivity contribution is 1.10. The SMILES string of the molecule is Cc1ccccc1-c1csc(CCCl)n1. The van der Waals surface area contributed by atoms with Gasteiger partial charge in [0.05, 0.1) is 10.7 Å². The summed E-state index contributed by atoms with van der Waals surface area (Å²) in [4.78, 5) is 4.57. The van der Waals surface area contributed by atoms with E-state index in [1.165, 1.54) is 11.1 Å². The molecule has 0 unspecified atom stereocenters. The van der Waals surface area contributed by atoms with Crippen LogP contribution in [0.3, 0.4) is 0 Å². The number of alkyl halides is 1. The van der Waals surface area contributed by atoms with Crippen molar-refractivity contribution < 1.29 is 0 Å². The highest BCUT2D eigenvalue weighted by Crippen LogP contribution is 2.24. The van der Waals surface area contributed by atoms with E-state index in [9.17, 15) is 0 Å². The summed E-state index contributed by atoms with van der Waals surface area (Å²) in [5.41, 5.74) is 3.55. The molecule has 78 valence electrons. The van der Waals surface area contributed by atoms with Crippen LogP contribution in [0.1, 0.15) is 10.6 Å². The average Bonchev–Trinajstić information content (AvgIpc) is 2.68. The van der Waals surface area contributed by atoms with E-state index < -0.39 is 0 Å². The highest BCUT2D eigenvalue weighted by atomic mass is 35.5. The number of thiazole rings is 1. The zero-order valence-corrected chi connectivity index (χ0v) is 10.1. The Morgan fingerprint density at radius 3 is 2.87 bits per heavy atom. The Balaban J connectivity index is 2.33. The Hall–Kier alpha value is -0.860. The molecule has 1 aromatic carbocycles. The molecule has 0 N–H and O–H groups in total. The van der Waals surface area contributed by atoms with Crippen molar-refractivity contribution in [1.29, 1.82) is 0 Å². The molecule has 2 aromatic rings. The molecule has 0 spiro atoms. The largest absolute Gasteiger partial charge is 0.241 e. The van der Waals surface area contributed by atoms with Gasteiger partial charge in [0.2, 0.25) is 0 Å². The van der Waals surface area contributed by atoms with Crippen molar-refractivity contribution in [3.05, 3.63) is 40.2 Å². The molecule has 1 nitrogen and oxygen atoms in total. The first-order valence-corrected chi connectivity index (χ1v) is 6.29. The van der Waals surface area contributed by atoms with Crippen molar-refractivity contribution in [2.75, 3.05) is 5.88 Å². The summed E-state index contributed by atoms with van der Waals surface area (Å²) in [7, 11) is 0. The van der Waals surface area contributed by atoms with Gasteiger partial charge in [-0.25, -0.2) is 4.98 Å². The highest BCUT2D eigenvalue weighted by molar-refractivity contribution is 7.10. The van der Waals surface area contributed by atoms with Gasteiger partial charge in [-0.3, -0.25) is 0 Å². The third kappa shape index (κ3) is 2.39. The summed E-state index contributed by atoms with van der Waals surface area (Å²) in [6, 6.07) is 8.30. The quantitative estimate of drug-likeness (QED) is 0.738. The number of hydrogen-bond acceptors (Lipinski definition) is 2. The number of hydrogen-bond donors (Lipinski definition) is 0. The minimum absolute atomic E-state index is 0.640. The van der Waals surface area contributed by atoms with Crippen molar-refractivity contribution in [3.8, 4) is 11.3 Å². The van der Waals surface area contributed by atoms with E-state index in [0.717, 1.165) is 17.1 Å². The van der Waals surface area contributed by atoms with Crippen molar-refractivity contribution in [1.82, 2.24) is 4.98 Å². The topological polar surface area (TPSA) is 12.9 Å². The van der Waals surface area contributed by atoms with Crippen LogP contribution in [0.15, 0.2) is 29.6 Å². The lowest BCUT2D eigenvalue weighted by Crippen LogP contribution is -1.86. The number of aromatic nitrogens is 1. The third-order valence-electron chi connectivity index (χ3n) is 2.28. The number of aryl methyl sites for hydroxylation is 2. The summed E-state index contributed by atoms with van der Waals surface area (Å²) < 4.78 is 0. The van der Waals surface area contributed by atoms with Crippen molar-refractivity contribution in [3.63, 3.8) is 0 Å². The summed E-state index contributed by atoms with van der Waals surface area (Å²) in [5, 5.41) is 3.22. The molecule has 0 saturated heterocycles. The normalized spacial score (nSPS) is 10.5. The Labute approximate surface area is 98.7 Å². The molecule has 3 heteroatoms. The zero-order valence-electron chi connectivity index (χ0n) is 8.53. The molecule has 1 heterocycles. The third-order valence-corrected chi connectivity index (χ3v) is 3.38. The first kappa shape index (κ1) is 10.7. The number of nitrogens with zero attached hydrogens (tertiary/aromatic N) is 1. The Morgan fingerprint density at radius 1 is 1.33 bits per heavy atom. The van der Waals surface area contributed by atoms with Crippen LogP contribution in [0, 0.1) is 6.92 Å². The van der Waals surface area contributed by atoms with E-state index in [-0.39, 0.29) is 0 Å². The summed E-state index contributed by atoms with van der Waals surface area (Å²) in [6.45, 7) is 2.11. The van der Waals surface area contributed by atoms with Crippen LogP contribution < -0.4 is 0 Å². The second-order valence-corrected chi connectivity index (χ2v) is 4.70. The van der Waals surface area contributed by atoms with Gasteiger partial charge in [0.25, 0.3) is 0 Å². The van der Waals surface area contributed by atoms with E-state index >= 15 is 0 Å². The molecular formula is C12H12ClNS. The number of benzene rings is 1. The van der Waals surface area contributed by atoms with E-state index in [1.807, 2.05) is 12.1 Å². The Morgan fingerprint density at radius 2 is 2.13 bits per heavy atom. The van der Waals surface area contributed by atoms with Crippen LogP contribution in [0.2, 0.25) is 0 Å². The predicted octanol–water partition coefficient (Wildman–Crippen LogP) is 3.90. The van der Waals surface area contributed by atoms with Gasteiger partial charge in [-0.15, -0.1) is 22.9 Å². The van der Waals surface area contributed by atoms with Crippen molar-refractivity contribution >= 4 is 22.9 Å². The van der Waals surface area contributed by atoms with Crippen LogP contribution in [0.5, 0.6) is 0 Å². The monoisotopic (exact) mass is 237 g/mol. The molecule has 0 aliphatic heterocycles. The smallest absolute Gasteiger partial charge is 0.0944 e.